The molecule has 0 bridgehead atoms. The molecule has 0 saturated heterocycles. The number of rotatable bonds is 3. The van der Waals surface area contributed by atoms with Gasteiger partial charge in [0.05, 0.1) is 11.0 Å². The van der Waals surface area contributed by atoms with Crippen LogP contribution in [0.15, 0.2) is 73.3 Å². The van der Waals surface area contributed by atoms with Crippen molar-refractivity contribution in [2.45, 2.75) is 9.79 Å². The van der Waals surface area contributed by atoms with E-state index in [4.69, 9.17) is 4.42 Å². The van der Waals surface area contributed by atoms with Crippen LogP contribution in [0.5, 0.6) is 0 Å². The Morgan fingerprint density at radius 3 is 2.16 bits per heavy atom. The summed E-state index contributed by atoms with van der Waals surface area (Å²) in [5.74, 6) is 0.456. The predicted octanol–water partition coefficient (Wildman–Crippen LogP) is 3.49. The highest BCUT2D eigenvalue weighted by Gasteiger charge is 2.26. The second-order valence-electron chi connectivity index (χ2n) is 7.30. The lowest BCUT2D eigenvalue weighted by atomic mass is 9.93. The molecular weight excluding hydrogens is 522 g/mol. The molecule has 0 spiro atoms. The van der Waals surface area contributed by atoms with Crippen LogP contribution >= 0.6 is 15.9 Å². The van der Waals surface area contributed by atoms with Crippen LogP contribution in [0.2, 0.25) is 0 Å². The Kier molecular flexibility index (Phi) is 5.50. The van der Waals surface area contributed by atoms with Gasteiger partial charge in [0.1, 0.15) is 30.3 Å². The average Bonchev–Trinajstić information content (AvgIpc) is 2.69. The van der Waals surface area contributed by atoms with Crippen molar-refractivity contribution in [3.8, 4) is 22.5 Å². The van der Waals surface area contributed by atoms with E-state index in [2.05, 4.69) is 15.9 Å². The average molecular weight is 539 g/mol. The number of nitrogens with zero attached hydrogens (tertiary/aromatic N) is 1. The first-order valence-electron chi connectivity index (χ1n) is 9.12. The summed E-state index contributed by atoms with van der Waals surface area (Å²) < 4.78 is 75.5. The summed E-state index contributed by atoms with van der Waals surface area (Å²) in [7, 11) is -5.82. The van der Waals surface area contributed by atoms with Crippen molar-refractivity contribution in [2.24, 2.45) is 0 Å². The van der Waals surface area contributed by atoms with Crippen molar-refractivity contribution in [1.82, 2.24) is 4.58 Å². The molecule has 0 amide bonds. The van der Waals surface area contributed by atoms with Crippen molar-refractivity contribution in [1.29, 1.82) is 0 Å². The van der Waals surface area contributed by atoms with Gasteiger partial charge in [0.2, 0.25) is 5.36 Å². The number of halogens is 1. The molecule has 0 radical (unpaired) electrons. The Bertz CT molecular complexity index is 1650. The summed E-state index contributed by atoms with van der Waals surface area (Å²) in [5.41, 5.74) is 1.48. The van der Waals surface area contributed by atoms with Crippen molar-refractivity contribution >= 4 is 47.1 Å². The molecule has 166 valence electrons. The maximum absolute atomic E-state index is 12.2. The van der Waals surface area contributed by atoms with Crippen molar-refractivity contribution < 1.29 is 30.4 Å². The molecule has 8 nitrogen and oxygen atoms in total. The molecule has 0 saturated carbocycles. The van der Waals surface area contributed by atoms with E-state index in [9.17, 15) is 25.9 Å². The van der Waals surface area contributed by atoms with E-state index in [0.717, 1.165) is 22.0 Å². The smallest absolute Gasteiger partial charge is 0.295 e. The minimum atomic E-state index is -4.86. The van der Waals surface area contributed by atoms with E-state index in [1.54, 1.807) is 30.3 Å². The molecule has 1 aliphatic carbocycles. The molecule has 0 aromatic heterocycles. The fourth-order valence-electron chi connectivity index (χ4n) is 3.50. The zero-order valence-corrected chi connectivity index (χ0v) is 20.0. The van der Waals surface area contributed by atoms with Crippen LogP contribution in [0.1, 0.15) is 0 Å². The predicted molar refractivity (Wildman–Crippen MR) is 123 cm³/mol. The molecule has 0 fully saturated rings. The molecule has 1 heterocycles. The Morgan fingerprint density at radius 2 is 1.53 bits per heavy atom. The SMILES string of the molecule is C[N+](C)=c1ccc2c(-c3ccc(S(=O)(=O)O)cc3S(=O)(=O)O)c3ccc(Br)cc3oc-2c1. The molecule has 11 heteroatoms. The highest BCUT2D eigenvalue weighted by molar-refractivity contribution is 9.10. The van der Waals surface area contributed by atoms with Crippen LogP contribution in [-0.4, -0.2) is 40.0 Å². The van der Waals surface area contributed by atoms with Crippen LogP contribution in [0.4, 0.5) is 0 Å². The van der Waals surface area contributed by atoms with Crippen LogP contribution in [0, 0.1) is 0 Å². The Balaban J connectivity index is 2.23. The van der Waals surface area contributed by atoms with Gasteiger partial charge < -0.3 is 4.42 Å². The molecule has 2 aliphatic rings. The highest BCUT2D eigenvalue weighted by atomic mass is 79.9. The topological polar surface area (TPSA) is 125 Å². The molecule has 2 aromatic rings. The van der Waals surface area contributed by atoms with Gasteiger partial charge in [0.15, 0.2) is 0 Å². The standard InChI is InChI=1S/C21H16BrNO7S2/c1-23(2)13-4-7-16-19(10-13)30-18-9-12(22)3-6-15(18)21(16)17-8-5-14(31(24,25)26)11-20(17)32(27,28)29/h3-11H,1-2H3,(H-,24,25,26,27,28,29)/p+1. The van der Waals surface area contributed by atoms with E-state index >= 15 is 0 Å². The molecule has 4 rings (SSSR count). The van der Waals surface area contributed by atoms with E-state index in [-0.39, 0.29) is 5.56 Å². The zero-order chi connectivity index (χ0) is 23.4. The molecule has 0 unspecified atom stereocenters. The summed E-state index contributed by atoms with van der Waals surface area (Å²) in [6, 6.07) is 13.6. The van der Waals surface area contributed by atoms with Gasteiger partial charge in [0, 0.05) is 32.6 Å². The summed E-state index contributed by atoms with van der Waals surface area (Å²) in [6.45, 7) is 0. The van der Waals surface area contributed by atoms with Gasteiger partial charge in [-0.25, -0.2) is 4.58 Å². The van der Waals surface area contributed by atoms with E-state index < -0.39 is 30.0 Å². The third-order valence-corrected chi connectivity index (χ3v) is 7.22. The molecule has 1 aliphatic heterocycles. The quantitative estimate of drug-likeness (QED) is 0.232. The molecule has 2 N–H and O–H groups in total. The van der Waals surface area contributed by atoms with E-state index in [1.165, 1.54) is 6.07 Å². The van der Waals surface area contributed by atoms with Gasteiger partial charge >= 0.3 is 0 Å². The number of hydrogen-bond donors (Lipinski definition) is 2. The lowest BCUT2D eigenvalue weighted by Gasteiger charge is -2.17. The first-order valence-corrected chi connectivity index (χ1v) is 12.8. The van der Waals surface area contributed by atoms with Crippen molar-refractivity contribution in [2.75, 3.05) is 14.1 Å². The monoisotopic (exact) mass is 538 g/mol. The first-order chi connectivity index (χ1) is 14.9. The van der Waals surface area contributed by atoms with Gasteiger partial charge in [-0.1, -0.05) is 22.0 Å². The van der Waals surface area contributed by atoms with Crippen LogP contribution in [-0.2, 0) is 20.2 Å². The minimum Gasteiger partial charge on any atom is -0.456 e. The van der Waals surface area contributed by atoms with Crippen molar-refractivity contribution in [3.63, 3.8) is 0 Å². The molecule has 2 aromatic carbocycles. The Morgan fingerprint density at radius 1 is 0.844 bits per heavy atom. The second-order valence-corrected chi connectivity index (χ2v) is 11.0. The highest BCUT2D eigenvalue weighted by Crippen LogP contribution is 2.43. The van der Waals surface area contributed by atoms with Gasteiger partial charge in [-0.05, 0) is 36.4 Å². The first kappa shape index (κ1) is 22.6. The van der Waals surface area contributed by atoms with Crippen LogP contribution in [0.3, 0.4) is 0 Å². The fourth-order valence-corrected chi connectivity index (χ4v) is 5.15. The minimum absolute atomic E-state index is 0.0608. The third-order valence-electron chi connectivity index (χ3n) is 4.98. The molecular formula is C21H17BrNO7S2+. The van der Waals surface area contributed by atoms with Crippen LogP contribution in [0.25, 0.3) is 33.4 Å². The maximum Gasteiger partial charge on any atom is 0.295 e. The summed E-state index contributed by atoms with van der Waals surface area (Å²) in [5, 5.41) is 1.39. The summed E-state index contributed by atoms with van der Waals surface area (Å²) >= 11 is 3.39. The van der Waals surface area contributed by atoms with Gasteiger partial charge in [-0.2, -0.15) is 16.8 Å². The van der Waals surface area contributed by atoms with E-state index in [1.807, 2.05) is 24.7 Å². The number of fused-ring (bicyclic) bond motifs is 2. The normalized spacial score (nSPS) is 12.4. The molecule has 0 atom stereocenters. The summed E-state index contributed by atoms with van der Waals surface area (Å²) in [6.07, 6.45) is 0. The van der Waals surface area contributed by atoms with Gasteiger partial charge in [-0.15, -0.1) is 0 Å². The Hall–Kier alpha value is -2.57. The second kappa shape index (κ2) is 7.78. The summed E-state index contributed by atoms with van der Waals surface area (Å²) in [4.78, 5) is -1.30. The number of hydrogen-bond acceptors (Lipinski definition) is 5. The zero-order valence-electron chi connectivity index (χ0n) is 16.8. The van der Waals surface area contributed by atoms with E-state index in [0.29, 0.717) is 27.9 Å². The Labute approximate surface area is 192 Å². The van der Waals surface area contributed by atoms with Gasteiger partial charge in [-0.3, -0.25) is 9.11 Å². The maximum atomic E-state index is 12.2. The lowest BCUT2D eigenvalue weighted by molar-refractivity contribution is 0.481. The van der Waals surface area contributed by atoms with Crippen molar-refractivity contribution in [3.05, 3.63) is 64.4 Å². The largest absolute Gasteiger partial charge is 0.456 e. The molecule has 32 heavy (non-hydrogen) atoms. The lowest BCUT2D eigenvalue weighted by Crippen LogP contribution is -2.21. The fraction of sp³-hybridized carbons (Fsp3) is 0.0952. The van der Waals surface area contributed by atoms with Crippen LogP contribution < -0.4 is 9.93 Å². The van der Waals surface area contributed by atoms with Gasteiger partial charge in [0.25, 0.3) is 20.2 Å². The third kappa shape index (κ3) is 4.09. The number of benzene rings is 3.